The minimum atomic E-state index is -0.103. The van der Waals surface area contributed by atoms with Crippen molar-refractivity contribution in [2.75, 3.05) is 32.2 Å². The number of fused-ring (bicyclic) bond motifs is 1. The number of hydrogen-bond acceptors (Lipinski definition) is 3. The molecule has 0 bridgehead atoms. The smallest absolute Gasteiger partial charge is 0.230 e. The number of nitrogens with zero attached hydrogens (tertiary/aromatic N) is 1. The number of carbonyl (C=O) groups is 1. The van der Waals surface area contributed by atoms with Crippen molar-refractivity contribution >= 4 is 17.5 Å². The molecule has 4 nitrogen and oxygen atoms in total. The van der Waals surface area contributed by atoms with E-state index in [-0.39, 0.29) is 17.9 Å². The monoisotopic (exact) mass is 295 g/mol. The molecule has 1 amide bonds. The number of ether oxygens (including phenoxy) is 2. The molecule has 1 fully saturated rings. The van der Waals surface area contributed by atoms with E-state index in [2.05, 4.69) is 0 Å². The lowest BCUT2D eigenvalue weighted by molar-refractivity contribution is -0.140. The van der Waals surface area contributed by atoms with Gasteiger partial charge in [-0.3, -0.25) is 4.79 Å². The third kappa shape index (κ3) is 2.63. The molecule has 3 rings (SSSR count). The van der Waals surface area contributed by atoms with Gasteiger partial charge in [-0.05, 0) is 12.5 Å². The number of morpholine rings is 1. The summed E-state index contributed by atoms with van der Waals surface area (Å²) in [6, 6.07) is 7.80. The average molecular weight is 296 g/mol. The Labute approximate surface area is 123 Å². The van der Waals surface area contributed by atoms with E-state index in [1.165, 1.54) is 0 Å². The summed E-state index contributed by atoms with van der Waals surface area (Å²) in [7, 11) is 0. The molecule has 1 aromatic rings. The summed E-state index contributed by atoms with van der Waals surface area (Å²) < 4.78 is 11.1. The van der Waals surface area contributed by atoms with E-state index in [9.17, 15) is 4.79 Å². The van der Waals surface area contributed by atoms with Crippen LogP contribution in [0.1, 0.15) is 17.9 Å². The predicted molar refractivity (Wildman–Crippen MR) is 76.3 cm³/mol. The van der Waals surface area contributed by atoms with Gasteiger partial charge in [-0.2, -0.15) is 0 Å². The van der Waals surface area contributed by atoms with Gasteiger partial charge in [-0.15, -0.1) is 11.6 Å². The van der Waals surface area contributed by atoms with E-state index < -0.39 is 0 Å². The zero-order valence-electron chi connectivity index (χ0n) is 11.3. The molecule has 2 aliphatic rings. The van der Waals surface area contributed by atoms with Crippen LogP contribution >= 0.6 is 11.6 Å². The lowest BCUT2D eigenvalue weighted by atomic mass is 9.91. The summed E-state index contributed by atoms with van der Waals surface area (Å²) in [5, 5.41) is 0. The average Bonchev–Trinajstić information content (AvgIpc) is 2.53. The molecule has 0 spiro atoms. The Morgan fingerprint density at radius 3 is 3.05 bits per heavy atom. The quantitative estimate of drug-likeness (QED) is 0.784. The second-order valence-corrected chi connectivity index (χ2v) is 5.47. The number of alkyl halides is 1. The lowest BCUT2D eigenvalue weighted by Crippen LogP contribution is -2.48. The van der Waals surface area contributed by atoms with Gasteiger partial charge in [-0.25, -0.2) is 0 Å². The highest BCUT2D eigenvalue weighted by Gasteiger charge is 2.33. The van der Waals surface area contributed by atoms with E-state index in [4.69, 9.17) is 21.1 Å². The lowest BCUT2D eigenvalue weighted by Gasteiger charge is -2.35. The van der Waals surface area contributed by atoms with Crippen LogP contribution in [-0.4, -0.2) is 49.1 Å². The van der Waals surface area contributed by atoms with Crippen LogP contribution in [0, 0.1) is 0 Å². The Morgan fingerprint density at radius 2 is 2.20 bits per heavy atom. The van der Waals surface area contributed by atoms with Crippen LogP contribution in [0.2, 0.25) is 0 Å². The first-order chi connectivity index (χ1) is 9.79. The fourth-order valence-corrected chi connectivity index (χ4v) is 3.02. The van der Waals surface area contributed by atoms with Gasteiger partial charge in [0.25, 0.3) is 0 Å². The molecule has 2 unspecified atom stereocenters. The topological polar surface area (TPSA) is 38.8 Å². The number of para-hydroxylation sites is 1. The van der Waals surface area contributed by atoms with Gasteiger partial charge < -0.3 is 14.4 Å². The van der Waals surface area contributed by atoms with Gasteiger partial charge in [0, 0.05) is 18.7 Å². The molecule has 0 aliphatic carbocycles. The van der Waals surface area contributed by atoms with Crippen LogP contribution in [0.3, 0.4) is 0 Å². The van der Waals surface area contributed by atoms with Crippen molar-refractivity contribution in [3.05, 3.63) is 29.8 Å². The van der Waals surface area contributed by atoms with Crippen molar-refractivity contribution in [2.45, 2.75) is 18.4 Å². The van der Waals surface area contributed by atoms with Crippen molar-refractivity contribution < 1.29 is 14.3 Å². The predicted octanol–water partition coefficient (Wildman–Crippen LogP) is 2.02. The standard InChI is InChI=1S/C15H18ClNO3/c16-9-11-10-17(6-8-19-11)15(18)13-5-7-20-14-4-2-1-3-12(13)14/h1-4,11,13H,5-10H2. The second-order valence-electron chi connectivity index (χ2n) is 5.16. The fraction of sp³-hybridized carbons (Fsp3) is 0.533. The Balaban J connectivity index is 1.78. The Bertz CT molecular complexity index is 494. The highest BCUT2D eigenvalue weighted by atomic mass is 35.5. The number of hydrogen-bond donors (Lipinski definition) is 0. The second kappa shape index (κ2) is 6.02. The summed E-state index contributed by atoms with van der Waals surface area (Å²) in [5.41, 5.74) is 0.998. The Morgan fingerprint density at radius 1 is 1.35 bits per heavy atom. The molecule has 1 saturated heterocycles. The minimum absolute atomic E-state index is 0.0514. The number of halogens is 1. The van der Waals surface area contributed by atoms with Crippen LogP contribution in [0.4, 0.5) is 0 Å². The molecule has 2 aliphatic heterocycles. The Kier molecular flexibility index (Phi) is 4.13. The highest BCUT2D eigenvalue weighted by molar-refractivity contribution is 6.18. The zero-order valence-corrected chi connectivity index (χ0v) is 12.0. The molecular weight excluding hydrogens is 278 g/mol. The van der Waals surface area contributed by atoms with E-state index >= 15 is 0 Å². The maximum atomic E-state index is 12.7. The maximum absolute atomic E-state index is 12.7. The number of rotatable bonds is 2. The molecule has 0 aromatic heterocycles. The molecule has 2 heterocycles. The summed E-state index contributed by atoms with van der Waals surface area (Å²) in [5.74, 6) is 1.32. The molecule has 0 radical (unpaired) electrons. The maximum Gasteiger partial charge on any atom is 0.230 e. The van der Waals surface area contributed by atoms with Gasteiger partial charge in [0.1, 0.15) is 5.75 Å². The summed E-state index contributed by atoms with van der Waals surface area (Å²) >= 11 is 5.83. The van der Waals surface area contributed by atoms with Gasteiger partial charge in [0.2, 0.25) is 5.91 Å². The van der Waals surface area contributed by atoms with Crippen LogP contribution in [0.25, 0.3) is 0 Å². The molecule has 0 N–H and O–H groups in total. The largest absolute Gasteiger partial charge is 0.493 e. The number of benzene rings is 1. The minimum Gasteiger partial charge on any atom is -0.493 e. The van der Waals surface area contributed by atoms with Gasteiger partial charge >= 0.3 is 0 Å². The van der Waals surface area contributed by atoms with Crippen LogP contribution in [0.5, 0.6) is 5.75 Å². The highest BCUT2D eigenvalue weighted by Crippen LogP contribution is 2.34. The fourth-order valence-electron chi connectivity index (χ4n) is 2.83. The van der Waals surface area contributed by atoms with E-state index in [1.54, 1.807) is 0 Å². The van der Waals surface area contributed by atoms with Gasteiger partial charge in [0.15, 0.2) is 0 Å². The first kappa shape index (κ1) is 13.7. The molecular formula is C15H18ClNO3. The van der Waals surface area contributed by atoms with Crippen molar-refractivity contribution in [1.82, 2.24) is 4.90 Å². The third-order valence-corrected chi connectivity index (χ3v) is 4.22. The number of amides is 1. The van der Waals surface area contributed by atoms with Gasteiger partial charge in [0.05, 0.1) is 31.1 Å². The van der Waals surface area contributed by atoms with Crippen molar-refractivity contribution in [3.8, 4) is 5.75 Å². The number of carbonyl (C=O) groups excluding carboxylic acids is 1. The molecule has 2 atom stereocenters. The van der Waals surface area contributed by atoms with E-state index in [0.717, 1.165) is 17.7 Å². The summed E-state index contributed by atoms with van der Waals surface area (Å²) in [4.78, 5) is 14.6. The van der Waals surface area contributed by atoms with Crippen molar-refractivity contribution in [3.63, 3.8) is 0 Å². The molecule has 0 saturated carbocycles. The van der Waals surface area contributed by atoms with Crippen molar-refractivity contribution in [1.29, 1.82) is 0 Å². The molecule has 108 valence electrons. The van der Waals surface area contributed by atoms with Crippen molar-refractivity contribution in [2.24, 2.45) is 0 Å². The van der Waals surface area contributed by atoms with E-state index in [1.807, 2.05) is 29.2 Å². The van der Waals surface area contributed by atoms with Crippen LogP contribution in [0.15, 0.2) is 24.3 Å². The molecule has 20 heavy (non-hydrogen) atoms. The van der Waals surface area contributed by atoms with Crippen LogP contribution < -0.4 is 4.74 Å². The van der Waals surface area contributed by atoms with Crippen LogP contribution in [-0.2, 0) is 9.53 Å². The zero-order chi connectivity index (χ0) is 13.9. The normalized spacial score (nSPS) is 25.8. The third-order valence-electron chi connectivity index (χ3n) is 3.88. The summed E-state index contributed by atoms with van der Waals surface area (Å²) in [6.45, 7) is 2.39. The molecule has 5 heteroatoms. The van der Waals surface area contributed by atoms with E-state index in [0.29, 0.717) is 32.2 Å². The summed E-state index contributed by atoms with van der Waals surface area (Å²) in [6.07, 6.45) is 0.683. The first-order valence-electron chi connectivity index (χ1n) is 6.97. The molecule has 1 aromatic carbocycles. The first-order valence-corrected chi connectivity index (χ1v) is 7.51. The van der Waals surface area contributed by atoms with Gasteiger partial charge in [-0.1, -0.05) is 18.2 Å². The Hall–Kier alpha value is -1.26. The SMILES string of the molecule is O=C(C1CCOc2ccccc21)N1CCOC(CCl)C1.